The number of nitrogens with zero attached hydrogens (tertiary/aromatic N) is 2. The van der Waals surface area contributed by atoms with Gasteiger partial charge in [-0.1, -0.05) is 18.2 Å². The van der Waals surface area contributed by atoms with E-state index in [1.54, 1.807) is 12.1 Å². The lowest BCUT2D eigenvalue weighted by Crippen LogP contribution is -2.61. The molecule has 0 spiro atoms. The summed E-state index contributed by atoms with van der Waals surface area (Å²) in [5, 5.41) is 15.3. The Balaban J connectivity index is 1.42. The second kappa shape index (κ2) is 11.8. The van der Waals surface area contributed by atoms with Gasteiger partial charge in [0.2, 0.25) is 5.91 Å². The minimum absolute atomic E-state index is 0.114. The first-order valence-electron chi connectivity index (χ1n) is 12.2. The maximum atomic E-state index is 13.6. The molecule has 39 heavy (non-hydrogen) atoms. The Kier molecular flexibility index (Phi) is 8.46. The molecule has 0 aliphatic carbocycles. The van der Waals surface area contributed by atoms with Crippen LogP contribution in [-0.4, -0.2) is 45.6 Å². The number of benzene rings is 2. The van der Waals surface area contributed by atoms with Crippen LogP contribution in [-0.2, 0) is 22.3 Å². The summed E-state index contributed by atoms with van der Waals surface area (Å²) in [7, 11) is 0. The minimum atomic E-state index is -4.67. The van der Waals surface area contributed by atoms with Crippen LogP contribution in [0.5, 0.6) is 11.5 Å². The van der Waals surface area contributed by atoms with Crippen molar-refractivity contribution in [2.75, 3.05) is 13.2 Å². The molecule has 3 N–H and O–H groups in total. The normalized spacial score (nSPS) is 15.7. The first-order valence-corrected chi connectivity index (χ1v) is 12.2. The van der Waals surface area contributed by atoms with Gasteiger partial charge in [0, 0.05) is 45.0 Å². The number of amides is 2. The topological polar surface area (TPSA) is 123 Å². The lowest BCUT2D eigenvalue weighted by atomic mass is 9.88. The number of carbonyl (C=O) groups is 2. The molecule has 3 aromatic rings. The molecular formula is C27H27F3N4O5. The smallest absolute Gasteiger partial charge is 0.419 e. The van der Waals surface area contributed by atoms with Crippen LogP contribution in [0.3, 0.4) is 0 Å². The maximum absolute atomic E-state index is 13.6. The average molecular weight is 545 g/mol. The van der Waals surface area contributed by atoms with Crippen LogP contribution in [0.1, 0.15) is 52.9 Å². The molecule has 1 aromatic heterocycles. The van der Waals surface area contributed by atoms with Crippen LogP contribution in [0, 0.1) is 0 Å². The van der Waals surface area contributed by atoms with Gasteiger partial charge in [0.25, 0.3) is 5.91 Å². The fourth-order valence-corrected chi connectivity index (χ4v) is 4.11. The fraction of sp³-hybridized carbons (Fsp3) is 0.333. The van der Waals surface area contributed by atoms with Crippen LogP contribution < -0.4 is 15.4 Å². The zero-order valence-electron chi connectivity index (χ0n) is 21.0. The third kappa shape index (κ3) is 6.89. The molecule has 2 aromatic carbocycles. The van der Waals surface area contributed by atoms with Crippen LogP contribution in [0.4, 0.5) is 13.2 Å². The van der Waals surface area contributed by atoms with E-state index in [2.05, 4.69) is 20.6 Å². The van der Waals surface area contributed by atoms with Gasteiger partial charge in [-0.2, -0.15) is 13.2 Å². The number of alkyl halides is 3. The summed E-state index contributed by atoms with van der Waals surface area (Å²) in [4.78, 5) is 33.6. The summed E-state index contributed by atoms with van der Waals surface area (Å²) in [5.74, 6) is -1.09. The highest BCUT2D eigenvalue weighted by Gasteiger charge is 2.41. The Morgan fingerprint density at radius 1 is 1.10 bits per heavy atom. The van der Waals surface area contributed by atoms with Gasteiger partial charge < -0.3 is 25.2 Å². The van der Waals surface area contributed by atoms with E-state index >= 15 is 0 Å². The van der Waals surface area contributed by atoms with E-state index in [0.717, 1.165) is 6.07 Å². The second-order valence-corrected chi connectivity index (χ2v) is 9.13. The van der Waals surface area contributed by atoms with E-state index < -0.39 is 35.0 Å². The number of rotatable bonds is 8. The molecule has 1 unspecified atom stereocenters. The van der Waals surface area contributed by atoms with Gasteiger partial charge in [0.15, 0.2) is 0 Å². The van der Waals surface area contributed by atoms with Gasteiger partial charge in [0.05, 0.1) is 17.2 Å². The number of ether oxygens (including phenoxy) is 2. The second-order valence-electron chi connectivity index (χ2n) is 9.13. The summed E-state index contributed by atoms with van der Waals surface area (Å²) in [6, 6.07) is 9.61. The van der Waals surface area contributed by atoms with Gasteiger partial charge in [-0.25, -0.2) is 9.97 Å². The van der Waals surface area contributed by atoms with Crippen LogP contribution >= 0.6 is 0 Å². The molecular weight excluding hydrogens is 517 g/mol. The van der Waals surface area contributed by atoms with E-state index in [9.17, 15) is 27.9 Å². The monoisotopic (exact) mass is 544 g/mol. The number of nitrogens with one attached hydrogen (secondary N) is 2. The summed E-state index contributed by atoms with van der Waals surface area (Å²) < 4.78 is 51.5. The molecule has 0 bridgehead atoms. The summed E-state index contributed by atoms with van der Waals surface area (Å²) in [6.07, 6.45) is -1.16. The third-order valence-electron chi connectivity index (χ3n) is 6.35. The molecule has 1 aliphatic heterocycles. The number of hydrogen-bond donors (Lipinski definition) is 3. The number of halogens is 3. The lowest BCUT2D eigenvalue weighted by molar-refractivity contribution is -0.138. The third-order valence-corrected chi connectivity index (χ3v) is 6.35. The molecule has 1 atom stereocenters. The Labute approximate surface area is 222 Å². The Morgan fingerprint density at radius 2 is 1.77 bits per heavy atom. The van der Waals surface area contributed by atoms with Crippen LogP contribution in [0.25, 0.3) is 0 Å². The number of hydrogen-bond acceptors (Lipinski definition) is 7. The van der Waals surface area contributed by atoms with Crippen molar-refractivity contribution in [1.82, 2.24) is 20.6 Å². The predicted molar refractivity (Wildman–Crippen MR) is 133 cm³/mol. The van der Waals surface area contributed by atoms with Crippen molar-refractivity contribution in [2.24, 2.45) is 0 Å². The first-order chi connectivity index (χ1) is 18.6. The van der Waals surface area contributed by atoms with Gasteiger partial charge in [-0.3, -0.25) is 9.59 Å². The van der Waals surface area contributed by atoms with Crippen molar-refractivity contribution in [1.29, 1.82) is 0 Å². The van der Waals surface area contributed by atoms with Crippen molar-refractivity contribution in [3.63, 3.8) is 0 Å². The van der Waals surface area contributed by atoms with E-state index in [4.69, 9.17) is 9.47 Å². The highest BCUT2D eigenvalue weighted by Crippen LogP contribution is 2.39. The zero-order valence-corrected chi connectivity index (χ0v) is 21.0. The van der Waals surface area contributed by atoms with Crippen molar-refractivity contribution in [3.8, 4) is 11.5 Å². The average Bonchev–Trinajstić information content (AvgIpc) is 2.93. The van der Waals surface area contributed by atoms with Gasteiger partial charge in [-0.15, -0.1) is 0 Å². The highest BCUT2D eigenvalue weighted by molar-refractivity contribution is 5.99. The fourth-order valence-electron chi connectivity index (χ4n) is 4.11. The largest absolute Gasteiger partial charge is 0.457 e. The minimum Gasteiger partial charge on any atom is -0.457 e. The lowest BCUT2D eigenvalue weighted by Gasteiger charge is -2.36. The zero-order chi connectivity index (χ0) is 28.0. The molecule has 2 amide bonds. The molecule has 1 fully saturated rings. The van der Waals surface area contributed by atoms with E-state index in [1.165, 1.54) is 49.9 Å². The SMILES string of the molecule is CC(O)c1ccc(Oc2ccc(CNC(=O)C3(NC(=O)c4cncnc4)CCOCC3)cc2)c(C(F)(F)F)c1. The van der Waals surface area contributed by atoms with Crippen LogP contribution in [0.2, 0.25) is 0 Å². The van der Waals surface area contributed by atoms with Gasteiger partial charge in [-0.05, 0) is 42.3 Å². The molecule has 2 heterocycles. The number of aromatic nitrogens is 2. The number of aliphatic hydroxyl groups excluding tert-OH is 1. The van der Waals surface area contributed by atoms with Crippen LogP contribution in [0.15, 0.2) is 61.2 Å². The number of carbonyl (C=O) groups excluding carboxylic acids is 2. The Bertz CT molecular complexity index is 1300. The Morgan fingerprint density at radius 3 is 2.38 bits per heavy atom. The quantitative estimate of drug-likeness (QED) is 0.393. The van der Waals surface area contributed by atoms with Gasteiger partial charge >= 0.3 is 6.18 Å². The van der Waals surface area contributed by atoms with Crippen molar-refractivity contribution in [2.45, 2.75) is 44.1 Å². The molecule has 206 valence electrons. The van der Waals surface area contributed by atoms with Crippen molar-refractivity contribution < 1.29 is 37.3 Å². The molecule has 4 rings (SSSR count). The molecule has 9 nitrogen and oxygen atoms in total. The molecule has 1 aliphatic rings. The predicted octanol–water partition coefficient (Wildman–Crippen LogP) is 3.94. The summed E-state index contributed by atoms with van der Waals surface area (Å²) >= 11 is 0. The van der Waals surface area contributed by atoms with E-state index in [-0.39, 0.29) is 42.2 Å². The van der Waals surface area contributed by atoms with Crippen molar-refractivity contribution >= 4 is 11.8 Å². The van der Waals surface area contributed by atoms with E-state index in [1.807, 2.05) is 0 Å². The molecule has 0 radical (unpaired) electrons. The number of aliphatic hydroxyl groups is 1. The highest BCUT2D eigenvalue weighted by atomic mass is 19.4. The molecule has 12 heteroatoms. The Hall–Kier alpha value is -4.03. The summed E-state index contributed by atoms with van der Waals surface area (Å²) in [6.45, 7) is 2.08. The standard InChI is InChI=1S/C27H27F3N4O5/c1-17(35)19-4-7-23(22(12-19)27(28,29)30)39-21-5-2-18(3-6-21)13-33-25(37)26(8-10-38-11-9-26)34-24(36)20-14-31-16-32-15-20/h2-7,12,14-17,35H,8-11,13H2,1H3,(H,33,37)(H,34,36). The van der Waals surface area contributed by atoms with Crippen molar-refractivity contribution in [3.05, 3.63) is 83.4 Å². The molecule has 0 saturated carbocycles. The maximum Gasteiger partial charge on any atom is 0.419 e. The van der Waals surface area contributed by atoms with Gasteiger partial charge in [0.1, 0.15) is 23.4 Å². The van der Waals surface area contributed by atoms with E-state index in [0.29, 0.717) is 18.8 Å². The first kappa shape index (κ1) is 28.0. The summed E-state index contributed by atoms with van der Waals surface area (Å²) in [5.41, 5.74) is -1.16. The molecule has 1 saturated heterocycles.